The quantitative estimate of drug-likeness (QED) is 0.395. The maximum atomic E-state index is 14.3. The van der Waals surface area contributed by atoms with Crippen LogP contribution in [-0.4, -0.2) is 58.8 Å². The Bertz CT molecular complexity index is 1140. The van der Waals surface area contributed by atoms with Gasteiger partial charge in [0.1, 0.15) is 17.7 Å². The SMILES string of the molecule is Cc1ccc(C(C(=O)NC2CCCCC2)N(CCO)C(=O)C(Cc2ccccc2)NC(=O)OC(C)(C)C)c(C)c1. The minimum absolute atomic E-state index is 0.0422. The van der Waals surface area contributed by atoms with Gasteiger partial charge in [0, 0.05) is 19.0 Å². The first-order chi connectivity index (χ1) is 19.0. The third-order valence-electron chi connectivity index (χ3n) is 7.13. The molecule has 40 heavy (non-hydrogen) atoms. The summed E-state index contributed by atoms with van der Waals surface area (Å²) in [4.78, 5) is 42.5. The van der Waals surface area contributed by atoms with E-state index >= 15 is 0 Å². The van der Waals surface area contributed by atoms with E-state index in [0.29, 0.717) is 5.56 Å². The number of hydrogen-bond donors (Lipinski definition) is 3. The van der Waals surface area contributed by atoms with E-state index in [0.717, 1.165) is 48.8 Å². The van der Waals surface area contributed by atoms with E-state index in [1.165, 1.54) is 4.90 Å². The van der Waals surface area contributed by atoms with Crippen molar-refractivity contribution in [1.29, 1.82) is 0 Å². The van der Waals surface area contributed by atoms with Crippen molar-refractivity contribution in [2.45, 2.75) is 96.9 Å². The molecule has 0 radical (unpaired) electrons. The van der Waals surface area contributed by atoms with Crippen LogP contribution in [0.3, 0.4) is 0 Å². The number of nitrogens with one attached hydrogen (secondary N) is 2. The van der Waals surface area contributed by atoms with E-state index < -0.39 is 29.7 Å². The Morgan fingerprint density at radius 2 is 1.70 bits per heavy atom. The molecule has 8 nitrogen and oxygen atoms in total. The number of alkyl carbamates (subject to hydrolysis) is 1. The zero-order valence-corrected chi connectivity index (χ0v) is 24.5. The fourth-order valence-electron chi connectivity index (χ4n) is 5.28. The summed E-state index contributed by atoms with van der Waals surface area (Å²) in [7, 11) is 0. The highest BCUT2D eigenvalue weighted by Crippen LogP contribution is 2.28. The van der Waals surface area contributed by atoms with Crippen LogP contribution in [-0.2, 0) is 20.7 Å². The topological polar surface area (TPSA) is 108 Å². The van der Waals surface area contributed by atoms with E-state index in [4.69, 9.17) is 4.74 Å². The summed E-state index contributed by atoms with van der Waals surface area (Å²) in [5.74, 6) is -0.746. The summed E-state index contributed by atoms with van der Waals surface area (Å²) in [5, 5.41) is 16.0. The van der Waals surface area contributed by atoms with E-state index in [2.05, 4.69) is 10.6 Å². The predicted molar refractivity (Wildman–Crippen MR) is 156 cm³/mol. The molecule has 2 aromatic rings. The summed E-state index contributed by atoms with van der Waals surface area (Å²) in [5.41, 5.74) is 2.70. The number of carbonyl (C=O) groups is 3. The molecular weight excluding hydrogens is 506 g/mol. The molecular formula is C32H45N3O5. The lowest BCUT2D eigenvalue weighted by Gasteiger charge is -2.36. The fraction of sp³-hybridized carbons (Fsp3) is 0.531. The second kappa shape index (κ2) is 14.3. The first-order valence-electron chi connectivity index (χ1n) is 14.3. The van der Waals surface area contributed by atoms with Crippen molar-refractivity contribution in [1.82, 2.24) is 15.5 Å². The molecule has 1 fully saturated rings. The molecule has 3 amide bonds. The average Bonchev–Trinajstić information content (AvgIpc) is 2.89. The van der Waals surface area contributed by atoms with Crippen molar-refractivity contribution in [3.63, 3.8) is 0 Å². The number of amides is 3. The number of aryl methyl sites for hydroxylation is 2. The van der Waals surface area contributed by atoms with Crippen molar-refractivity contribution in [2.24, 2.45) is 0 Å². The Balaban J connectivity index is 2.01. The Kier molecular flexibility index (Phi) is 11.1. The minimum Gasteiger partial charge on any atom is -0.444 e. The summed E-state index contributed by atoms with van der Waals surface area (Å²) < 4.78 is 5.47. The Morgan fingerprint density at radius 3 is 2.30 bits per heavy atom. The maximum absolute atomic E-state index is 14.3. The minimum atomic E-state index is -1.01. The molecule has 2 aromatic carbocycles. The molecule has 1 saturated carbocycles. The standard InChI is InChI=1S/C32H45N3O5/c1-22-16-17-26(23(2)20-22)28(29(37)33-25-14-10-7-11-15-25)35(18-19-36)30(38)27(21-24-12-8-6-9-13-24)34-31(39)40-32(3,4)5/h6,8-9,12-13,16-17,20,25,27-28,36H,7,10-11,14-15,18-19,21H2,1-5H3,(H,33,37)(H,34,39). The lowest BCUT2D eigenvalue weighted by molar-refractivity contribution is -0.143. The van der Waals surface area contributed by atoms with Gasteiger partial charge in [-0.25, -0.2) is 4.79 Å². The lowest BCUT2D eigenvalue weighted by atomic mass is 9.93. The first kappa shape index (κ1) is 31.1. The van der Waals surface area contributed by atoms with Crippen molar-refractivity contribution < 1.29 is 24.2 Å². The number of carbonyl (C=O) groups excluding carboxylic acids is 3. The highest BCUT2D eigenvalue weighted by molar-refractivity contribution is 5.92. The van der Waals surface area contributed by atoms with E-state index in [1.807, 2.05) is 62.4 Å². The molecule has 2 unspecified atom stereocenters. The number of rotatable bonds is 10. The number of nitrogens with zero attached hydrogens (tertiary/aromatic N) is 1. The van der Waals surface area contributed by atoms with E-state index in [1.54, 1.807) is 20.8 Å². The fourth-order valence-corrected chi connectivity index (χ4v) is 5.28. The van der Waals surface area contributed by atoms with Gasteiger partial charge in [0.15, 0.2) is 0 Å². The van der Waals surface area contributed by atoms with Crippen LogP contribution in [0, 0.1) is 13.8 Å². The molecule has 3 N–H and O–H groups in total. The molecule has 0 spiro atoms. The average molecular weight is 552 g/mol. The zero-order valence-electron chi connectivity index (χ0n) is 24.5. The molecule has 1 aliphatic carbocycles. The van der Waals surface area contributed by atoms with E-state index in [-0.39, 0.29) is 31.5 Å². The molecule has 0 heterocycles. The van der Waals surface area contributed by atoms with Gasteiger partial charge in [0.05, 0.1) is 6.61 Å². The summed E-state index contributed by atoms with van der Waals surface area (Å²) >= 11 is 0. The van der Waals surface area contributed by atoms with Gasteiger partial charge in [0.25, 0.3) is 0 Å². The lowest BCUT2D eigenvalue weighted by Crippen LogP contribution is -2.55. The molecule has 0 aliphatic heterocycles. The molecule has 218 valence electrons. The molecule has 2 atom stereocenters. The second-order valence-corrected chi connectivity index (χ2v) is 11.7. The van der Waals surface area contributed by atoms with Gasteiger partial charge in [-0.1, -0.05) is 73.4 Å². The number of hydrogen-bond acceptors (Lipinski definition) is 5. The van der Waals surface area contributed by atoms with Crippen LogP contribution in [0.15, 0.2) is 48.5 Å². The van der Waals surface area contributed by atoms with Gasteiger partial charge in [-0.05, 0) is 64.2 Å². The Hall–Kier alpha value is -3.39. The number of aliphatic hydroxyl groups is 1. The number of ether oxygens (including phenoxy) is 1. The normalized spacial score (nSPS) is 15.6. The number of benzene rings is 2. The van der Waals surface area contributed by atoms with Gasteiger partial charge in [-0.3, -0.25) is 9.59 Å². The van der Waals surface area contributed by atoms with Gasteiger partial charge in [-0.15, -0.1) is 0 Å². The Labute approximate surface area is 238 Å². The molecule has 3 rings (SSSR count). The molecule has 1 aliphatic rings. The third-order valence-corrected chi connectivity index (χ3v) is 7.13. The van der Waals surface area contributed by atoms with Crippen LogP contribution >= 0.6 is 0 Å². The van der Waals surface area contributed by atoms with Crippen LogP contribution in [0.25, 0.3) is 0 Å². The van der Waals surface area contributed by atoms with Gasteiger partial charge < -0.3 is 25.4 Å². The van der Waals surface area contributed by atoms with Gasteiger partial charge >= 0.3 is 6.09 Å². The molecule has 0 aromatic heterocycles. The van der Waals surface area contributed by atoms with Crippen molar-refractivity contribution >= 4 is 17.9 Å². The Morgan fingerprint density at radius 1 is 1.02 bits per heavy atom. The number of aliphatic hydroxyl groups excluding tert-OH is 1. The first-order valence-corrected chi connectivity index (χ1v) is 14.3. The third kappa shape index (κ3) is 9.08. The highest BCUT2D eigenvalue weighted by atomic mass is 16.6. The van der Waals surface area contributed by atoms with Crippen molar-refractivity contribution in [2.75, 3.05) is 13.2 Å². The molecule has 0 saturated heterocycles. The monoisotopic (exact) mass is 551 g/mol. The van der Waals surface area contributed by atoms with Crippen LogP contribution in [0.1, 0.15) is 81.2 Å². The second-order valence-electron chi connectivity index (χ2n) is 11.7. The highest BCUT2D eigenvalue weighted by Gasteiger charge is 2.37. The van der Waals surface area contributed by atoms with Crippen molar-refractivity contribution in [3.8, 4) is 0 Å². The zero-order chi connectivity index (χ0) is 29.3. The summed E-state index contributed by atoms with van der Waals surface area (Å²) in [6, 6.07) is 13.2. The summed E-state index contributed by atoms with van der Waals surface area (Å²) in [6.07, 6.45) is 4.53. The molecule has 0 bridgehead atoms. The van der Waals surface area contributed by atoms with Crippen LogP contribution in [0.5, 0.6) is 0 Å². The van der Waals surface area contributed by atoms with Crippen LogP contribution < -0.4 is 10.6 Å². The predicted octanol–water partition coefficient (Wildman–Crippen LogP) is 4.75. The summed E-state index contributed by atoms with van der Waals surface area (Å²) in [6.45, 7) is 8.75. The van der Waals surface area contributed by atoms with E-state index in [9.17, 15) is 19.5 Å². The van der Waals surface area contributed by atoms with Crippen LogP contribution in [0.4, 0.5) is 4.79 Å². The van der Waals surface area contributed by atoms with Crippen molar-refractivity contribution in [3.05, 3.63) is 70.8 Å². The van der Waals surface area contributed by atoms with Gasteiger partial charge in [-0.2, -0.15) is 0 Å². The van der Waals surface area contributed by atoms with Gasteiger partial charge in [0.2, 0.25) is 11.8 Å². The largest absolute Gasteiger partial charge is 0.444 e. The maximum Gasteiger partial charge on any atom is 0.408 e. The van der Waals surface area contributed by atoms with Crippen LogP contribution in [0.2, 0.25) is 0 Å². The molecule has 8 heteroatoms. The smallest absolute Gasteiger partial charge is 0.408 e.